The SMILES string of the molecule is COc1ccc(N2C(=O)C(Cc3ccccc3)S/C2=C(/C#N)C(=O)Nc2ccccc2C)cc1. The standard InChI is InChI=1S/C27H23N3O3S/c1-18-8-6-7-11-23(18)29-25(31)22(17-28)27-30(20-12-14-21(33-2)15-13-20)26(32)24(34-27)16-19-9-4-3-5-10-19/h3-15,24H,16H2,1-2H3,(H,29,31)/b27-22-. The third-order valence-electron chi connectivity index (χ3n) is 5.49. The van der Waals surface area contributed by atoms with Gasteiger partial charge in [0.1, 0.15) is 22.4 Å². The number of hydrogen-bond donors (Lipinski definition) is 1. The molecule has 1 heterocycles. The zero-order valence-corrected chi connectivity index (χ0v) is 19.6. The predicted octanol–water partition coefficient (Wildman–Crippen LogP) is 5.07. The van der Waals surface area contributed by atoms with Gasteiger partial charge >= 0.3 is 0 Å². The lowest BCUT2D eigenvalue weighted by Crippen LogP contribution is -2.30. The summed E-state index contributed by atoms with van der Waals surface area (Å²) in [6.45, 7) is 1.88. The van der Waals surface area contributed by atoms with E-state index >= 15 is 0 Å². The van der Waals surface area contributed by atoms with Crippen molar-refractivity contribution in [1.29, 1.82) is 5.26 Å². The number of nitriles is 1. The van der Waals surface area contributed by atoms with E-state index in [0.717, 1.165) is 11.1 Å². The fourth-order valence-corrected chi connectivity index (χ4v) is 4.99. The van der Waals surface area contributed by atoms with Gasteiger partial charge < -0.3 is 10.1 Å². The second-order valence-corrected chi connectivity index (χ2v) is 8.92. The van der Waals surface area contributed by atoms with Crippen molar-refractivity contribution in [3.63, 3.8) is 0 Å². The van der Waals surface area contributed by atoms with E-state index in [1.807, 2.05) is 61.5 Å². The Balaban J connectivity index is 1.74. The number of nitrogens with zero attached hydrogens (tertiary/aromatic N) is 2. The van der Waals surface area contributed by atoms with Crippen molar-refractivity contribution in [2.45, 2.75) is 18.6 Å². The highest BCUT2D eigenvalue weighted by molar-refractivity contribution is 8.05. The van der Waals surface area contributed by atoms with Crippen molar-refractivity contribution in [2.24, 2.45) is 0 Å². The molecule has 1 fully saturated rings. The lowest BCUT2D eigenvalue weighted by atomic mass is 10.1. The van der Waals surface area contributed by atoms with E-state index in [2.05, 4.69) is 5.32 Å². The Morgan fingerprint density at radius 3 is 2.38 bits per heavy atom. The minimum Gasteiger partial charge on any atom is -0.497 e. The van der Waals surface area contributed by atoms with E-state index in [9.17, 15) is 14.9 Å². The number of methoxy groups -OCH3 is 1. The third kappa shape index (κ3) is 4.82. The lowest BCUT2D eigenvalue weighted by molar-refractivity contribution is -0.117. The van der Waals surface area contributed by atoms with Crippen LogP contribution in [0.5, 0.6) is 5.75 Å². The fraction of sp³-hybridized carbons (Fsp3) is 0.148. The molecular formula is C27H23N3O3S. The van der Waals surface area contributed by atoms with Gasteiger partial charge in [-0.2, -0.15) is 5.26 Å². The van der Waals surface area contributed by atoms with Crippen LogP contribution in [-0.4, -0.2) is 24.2 Å². The monoisotopic (exact) mass is 469 g/mol. The summed E-state index contributed by atoms with van der Waals surface area (Å²) in [5.74, 6) is -0.0800. The molecule has 1 saturated heterocycles. The summed E-state index contributed by atoms with van der Waals surface area (Å²) in [6, 6.07) is 26.1. The second-order valence-electron chi connectivity index (χ2n) is 7.73. The maximum absolute atomic E-state index is 13.5. The number of nitrogens with one attached hydrogen (secondary N) is 1. The number of aryl methyl sites for hydroxylation is 1. The molecule has 0 aromatic heterocycles. The van der Waals surface area contributed by atoms with Crippen molar-refractivity contribution in [1.82, 2.24) is 0 Å². The first-order chi connectivity index (χ1) is 16.5. The Bertz CT molecular complexity index is 1280. The Morgan fingerprint density at radius 1 is 1.06 bits per heavy atom. The second kappa shape index (κ2) is 10.3. The molecule has 1 N–H and O–H groups in total. The smallest absolute Gasteiger partial charge is 0.269 e. The first-order valence-corrected chi connectivity index (χ1v) is 11.6. The fourth-order valence-electron chi connectivity index (χ4n) is 3.68. The molecule has 6 nitrogen and oxygen atoms in total. The van der Waals surface area contributed by atoms with Crippen LogP contribution in [0.15, 0.2) is 89.5 Å². The number of para-hydroxylation sites is 1. The summed E-state index contributed by atoms with van der Waals surface area (Å²) in [4.78, 5) is 28.2. The zero-order valence-electron chi connectivity index (χ0n) is 18.8. The Hall–Kier alpha value is -4.02. The molecule has 0 bridgehead atoms. The number of ether oxygens (including phenoxy) is 1. The van der Waals surface area contributed by atoms with Gasteiger partial charge in [0.15, 0.2) is 0 Å². The van der Waals surface area contributed by atoms with Gasteiger partial charge in [0.25, 0.3) is 5.91 Å². The van der Waals surface area contributed by atoms with Crippen LogP contribution < -0.4 is 15.0 Å². The summed E-state index contributed by atoms with van der Waals surface area (Å²) >= 11 is 1.24. The van der Waals surface area contributed by atoms with Crippen molar-refractivity contribution in [2.75, 3.05) is 17.3 Å². The van der Waals surface area contributed by atoms with E-state index in [-0.39, 0.29) is 11.5 Å². The van der Waals surface area contributed by atoms with E-state index in [1.165, 1.54) is 16.7 Å². The number of amides is 2. The number of benzene rings is 3. The predicted molar refractivity (Wildman–Crippen MR) is 134 cm³/mol. The van der Waals surface area contributed by atoms with Gasteiger partial charge in [-0.3, -0.25) is 14.5 Å². The highest BCUT2D eigenvalue weighted by Gasteiger charge is 2.40. The van der Waals surface area contributed by atoms with Crippen molar-refractivity contribution in [3.8, 4) is 11.8 Å². The van der Waals surface area contributed by atoms with Crippen molar-refractivity contribution >= 4 is 35.0 Å². The quantitative estimate of drug-likeness (QED) is 0.403. The van der Waals surface area contributed by atoms with Crippen LogP contribution in [-0.2, 0) is 16.0 Å². The molecule has 170 valence electrons. The number of thioether (sulfide) groups is 1. The van der Waals surface area contributed by atoms with Gasteiger partial charge in [0.2, 0.25) is 5.91 Å². The van der Waals surface area contributed by atoms with E-state index in [1.54, 1.807) is 37.4 Å². The minimum atomic E-state index is -0.550. The molecule has 34 heavy (non-hydrogen) atoms. The molecule has 3 aromatic carbocycles. The maximum atomic E-state index is 13.5. The highest BCUT2D eigenvalue weighted by atomic mass is 32.2. The Kier molecular flexibility index (Phi) is 7.00. The number of carbonyl (C=O) groups excluding carboxylic acids is 2. The van der Waals surface area contributed by atoms with Crippen LogP contribution in [0.2, 0.25) is 0 Å². The van der Waals surface area contributed by atoms with E-state index in [4.69, 9.17) is 4.74 Å². The molecule has 0 saturated carbocycles. The van der Waals surface area contributed by atoms with Gasteiger partial charge in [-0.1, -0.05) is 60.3 Å². The van der Waals surface area contributed by atoms with Gasteiger partial charge in [-0.15, -0.1) is 0 Å². The normalized spacial score (nSPS) is 16.7. The number of hydrogen-bond acceptors (Lipinski definition) is 5. The lowest BCUT2D eigenvalue weighted by Gasteiger charge is -2.19. The number of anilines is 2. The van der Waals surface area contributed by atoms with Crippen LogP contribution in [0.3, 0.4) is 0 Å². The van der Waals surface area contributed by atoms with Gasteiger partial charge in [0.05, 0.1) is 12.4 Å². The number of carbonyl (C=O) groups is 2. The summed E-state index contributed by atoms with van der Waals surface area (Å²) < 4.78 is 5.23. The summed E-state index contributed by atoms with van der Waals surface area (Å²) in [7, 11) is 1.57. The van der Waals surface area contributed by atoms with Crippen LogP contribution >= 0.6 is 11.8 Å². The first kappa shape index (κ1) is 23.1. The molecule has 4 rings (SSSR count). The van der Waals surface area contributed by atoms with E-state index < -0.39 is 11.2 Å². The molecule has 0 aliphatic carbocycles. The largest absolute Gasteiger partial charge is 0.497 e. The molecule has 1 aliphatic rings. The van der Waals surface area contributed by atoms with Crippen LogP contribution in [0, 0.1) is 18.3 Å². The summed E-state index contributed by atoms with van der Waals surface area (Å²) in [6.07, 6.45) is 0.485. The van der Waals surface area contributed by atoms with Gasteiger partial charge in [-0.05, 0) is 54.8 Å². The Labute approximate surface area is 202 Å². The molecule has 0 radical (unpaired) electrons. The molecule has 1 atom stereocenters. The Morgan fingerprint density at radius 2 is 1.74 bits per heavy atom. The first-order valence-electron chi connectivity index (χ1n) is 10.7. The van der Waals surface area contributed by atoms with Crippen molar-refractivity contribution < 1.29 is 14.3 Å². The molecule has 3 aromatic rings. The highest BCUT2D eigenvalue weighted by Crippen LogP contribution is 2.42. The summed E-state index contributed by atoms with van der Waals surface area (Å²) in [5, 5.41) is 12.7. The molecule has 0 spiro atoms. The van der Waals surface area contributed by atoms with Crippen LogP contribution in [0.1, 0.15) is 11.1 Å². The molecule has 7 heteroatoms. The molecular weight excluding hydrogens is 446 g/mol. The van der Waals surface area contributed by atoms with Crippen molar-refractivity contribution in [3.05, 3.63) is 101 Å². The third-order valence-corrected chi connectivity index (χ3v) is 6.76. The molecule has 2 amide bonds. The number of rotatable bonds is 6. The molecule has 1 unspecified atom stereocenters. The topological polar surface area (TPSA) is 82.4 Å². The zero-order chi connectivity index (χ0) is 24.1. The van der Waals surface area contributed by atoms with Crippen LogP contribution in [0.25, 0.3) is 0 Å². The average Bonchev–Trinajstić information content (AvgIpc) is 3.17. The minimum absolute atomic E-state index is 0.104. The average molecular weight is 470 g/mol. The summed E-state index contributed by atoms with van der Waals surface area (Å²) in [5.41, 5.74) is 2.97. The van der Waals surface area contributed by atoms with Gasteiger partial charge in [0, 0.05) is 11.4 Å². The molecule has 1 aliphatic heterocycles. The maximum Gasteiger partial charge on any atom is 0.269 e. The van der Waals surface area contributed by atoms with Gasteiger partial charge in [-0.25, -0.2) is 0 Å². The van der Waals surface area contributed by atoms with Crippen LogP contribution in [0.4, 0.5) is 11.4 Å². The van der Waals surface area contributed by atoms with E-state index in [0.29, 0.717) is 28.6 Å².